The van der Waals surface area contributed by atoms with Crippen LogP contribution in [0.4, 0.5) is 0 Å². The molecule has 0 atom stereocenters. The molecule has 0 amide bonds. The molecule has 0 spiro atoms. The fourth-order valence-corrected chi connectivity index (χ4v) is 1.82. The maximum atomic E-state index is 9.22. The Balaban J connectivity index is 0. The molecule has 0 bridgehead atoms. The first-order chi connectivity index (χ1) is 5.15. The van der Waals surface area contributed by atoms with Gasteiger partial charge in [-0.3, -0.25) is 0 Å². The molecule has 0 heterocycles. The molecule has 0 aliphatic heterocycles. The number of nitriles is 1. The van der Waals surface area contributed by atoms with Crippen LogP contribution >= 0.6 is 31.9 Å². The van der Waals surface area contributed by atoms with Crippen molar-refractivity contribution in [1.29, 1.82) is 5.26 Å². The Morgan fingerprint density at radius 2 is 1.75 bits per heavy atom. The molecular weight excluding hydrogens is 281 g/mol. The molecule has 0 radical (unpaired) electrons. The number of phenols is 1. The molecule has 0 fully saturated rings. The Morgan fingerprint density at radius 3 is 2.08 bits per heavy atom. The maximum absolute atomic E-state index is 9.22. The van der Waals surface area contributed by atoms with Crippen molar-refractivity contribution in [2.45, 2.75) is 0 Å². The second-order valence-corrected chi connectivity index (χ2v) is 3.61. The summed E-state index contributed by atoms with van der Waals surface area (Å²) in [6.45, 7) is 0. The summed E-state index contributed by atoms with van der Waals surface area (Å²) in [5, 5.41) is 17.7. The molecule has 0 aromatic heterocycles. The quantitative estimate of drug-likeness (QED) is 0.677. The minimum absolute atomic E-state index is 0. The van der Waals surface area contributed by atoms with Crippen molar-refractivity contribution in [3.63, 3.8) is 0 Å². The molecule has 0 saturated heterocycles. The molecule has 0 unspecified atom stereocenters. The first-order valence-corrected chi connectivity index (χ1v) is 4.32. The molecule has 1 aromatic rings. The normalized spacial score (nSPS) is 8.42. The molecule has 1 rings (SSSR count). The molecule has 0 aliphatic rings. The van der Waals surface area contributed by atoms with Gasteiger partial charge in [0.15, 0.2) is 0 Å². The van der Waals surface area contributed by atoms with Crippen molar-refractivity contribution >= 4 is 31.9 Å². The topological polar surface area (TPSA) is 44.0 Å². The van der Waals surface area contributed by atoms with Crippen LogP contribution in [0, 0.1) is 11.3 Å². The zero-order valence-corrected chi connectivity index (χ0v) is 9.48. The number of aromatic hydroxyl groups is 1. The monoisotopic (exact) mass is 283 g/mol. The summed E-state index contributed by atoms with van der Waals surface area (Å²) < 4.78 is 1.03. The van der Waals surface area contributed by atoms with Crippen LogP contribution in [-0.2, 0) is 0 Å². The summed E-state index contributed by atoms with van der Waals surface area (Å²) in [6, 6.07) is 5.08. The van der Waals surface area contributed by atoms with Gasteiger partial charge >= 0.3 is 18.9 Å². The van der Waals surface area contributed by atoms with Crippen LogP contribution < -0.4 is 18.9 Å². The predicted molar refractivity (Wildman–Crippen MR) is 49.3 cm³/mol. The van der Waals surface area contributed by atoms with E-state index in [0.717, 1.165) is 0 Å². The smallest absolute Gasteiger partial charge is 1.00 e. The zero-order valence-electron chi connectivity index (χ0n) is 7.31. The van der Waals surface area contributed by atoms with Crippen molar-refractivity contribution in [3.8, 4) is 11.8 Å². The van der Waals surface area contributed by atoms with E-state index in [4.69, 9.17) is 5.26 Å². The van der Waals surface area contributed by atoms with E-state index in [-0.39, 0.29) is 26.0 Å². The van der Waals surface area contributed by atoms with Crippen LogP contribution in [0.2, 0.25) is 0 Å². The summed E-state index contributed by atoms with van der Waals surface area (Å²) in [7, 11) is 0. The Kier molecular flexibility index (Phi) is 4.97. The van der Waals surface area contributed by atoms with Crippen LogP contribution in [0.1, 0.15) is 6.99 Å². The van der Waals surface area contributed by atoms with Gasteiger partial charge in [0, 0.05) is 0 Å². The van der Waals surface area contributed by atoms with Gasteiger partial charge in [-0.15, -0.1) is 0 Å². The third-order valence-corrected chi connectivity index (χ3v) is 2.35. The van der Waals surface area contributed by atoms with E-state index >= 15 is 0 Å². The van der Waals surface area contributed by atoms with Gasteiger partial charge in [0.05, 0.1) is 20.6 Å². The number of hydrogen-bond donors (Lipinski definition) is 1. The van der Waals surface area contributed by atoms with E-state index in [2.05, 4.69) is 31.9 Å². The number of nitrogens with zero attached hydrogens (tertiary/aromatic N) is 1. The van der Waals surface area contributed by atoms with Gasteiger partial charge in [-0.25, -0.2) is 0 Å². The van der Waals surface area contributed by atoms with Gasteiger partial charge in [-0.2, -0.15) is 5.26 Å². The van der Waals surface area contributed by atoms with E-state index in [0.29, 0.717) is 14.5 Å². The Bertz CT molecular complexity index is 317. The molecule has 12 heavy (non-hydrogen) atoms. The van der Waals surface area contributed by atoms with Gasteiger partial charge < -0.3 is 6.53 Å². The van der Waals surface area contributed by atoms with Crippen LogP contribution in [-0.4, -0.2) is 5.11 Å². The number of rotatable bonds is 0. The van der Waals surface area contributed by atoms with Gasteiger partial charge in [-0.1, -0.05) is 0 Å². The zero-order chi connectivity index (χ0) is 8.43. The number of halogens is 2. The maximum Gasteiger partial charge on any atom is 1.00 e. The molecule has 1 N–H and O–H groups in total. The van der Waals surface area contributed by atoms with Gasteiger partial charge in [0.1, 0.15) is 5.75 Å². The minimum atomic E-state index is 0. The fraction of sp³-hybridized carbons (Fsp3) is 0. The average Bonchev–Trinajstić information content (AvgIpc) is 1.99. The molecule has 1 aromatic carbocycles. The Labute approximate surface area is 101 Å². The van der Waals surface area contributed by atoms with Crippen LogP contribution in [0.25, 0.3) is 0 Å². The van der Waals surface area contributed by atoms with Crippen molar-refractivity contribution in [2.75, 3.05) is 0 Å². The first kappa shape index (κ1) is 12.1. The molecule has 58 valence electrons. The van der Waals surface area contributed by atoms with Gasteiger partial charge in [0.2, 0.25) is 0 Å². The second-order valence-electron chi connectivity index (χ2n) is 1.90. The van der Waals surface area contributed by atoms with E-state index in [1.807, 2.05) is 6.07 Å². The Morgan fingerprint density at radius 1 is 1.33 bits per heavy atom. The van der Waals surface area contributed by atoms with Crippen molar-refractivity contribution in [1.82, 2.24) is 0 Å². The fourth-order valence-electron chi connectivity index (χ4n) is 0.630. The molecule has 0 aliphatic carbocycles. The van der Waals surface area contributed by atoms with E-state index in [1.165, 1.54) is 0 Å². The van der Waals surface area contributed by atoms with Gasteiger partial charge in [0.25, 0.3) is 0 Å². The summed E-state index contributed by atoms with van der Waals surface area (Å²) in [4.78, 5) is 0. The number of hydrogen-bond acceptors (Lipinski definition) is 2. The van der Waals surface area contributed by atoms with Crippen LogP contribution in [0.15, 0.2) is 21.1 Å². The van der Waals surface area contributed by atoms with E-state index < -0.39 is 0 Å². The number of benzene rings is 1. The van der Waals surface area contributed by atoms with Crippen molar-refractivity contribution < 1.29 is 25.4 Å². The number of phenolic OH excluding ortho intramolecular Hbond substituents is 1. The van der Waals surface area contributed by atoms with Crippen LogP contribution in [0.5, 0.6) is 5.75 Å². The standard InChI is InChI=1S/C7H3Br2NO.Li.H/c8-5-1-4(3-10)2-6(9)7(5)11;;/h1-2,11H;;/q;+1;-1. The van der Waals surface area contributed by atoms with Gasteiger partial charge in [-0.05, 0) is 44.0 Å². The van der Waals surface area contributed by atoms with Crippen LogP contribution in [0.3, 0.4) is 0 Å². The summed E-state index contributed by atoms with van der Waals surface area (Å²) >= 11 is 6.21. The molecule has 0 saturated carbocycles. The van der Waals surface area contributed by atoms with Crippen molar-refractivity contribution in [2.24, 2.45) is 0 Å². The molecule has 2 nitrogen and oxygen atoms in total. The summed E-state index contributed by atoms with van der Waals surface area (Å²) in [6.07, 6.45) is 0. The third kappa shape index (κ3) is 2.54. The minimum Gasteiger partial charge on any atom is -1.00 e. The van der Waals surface area contributed by atoms with Crippen molar-refractivity contribution in [3.05, 3.63) is 26.6 Å². The first-order valence-electron chi connectivity index (χ1n) is 2.73. The van der Waals surface area contributed by atoms with E-state index in [9.17, 15) is 5.11 Å². The SMILES string of the molecule is N#Cc1cc(Br)c(O)c(Br)c1.[H-].[Li+]. The molecular formula is C7H4Br2LiNO. The summed E-state index contributed by atoms with van der Waals surface area (Å²) in [5.41, 5.74) is 0.501. The predicted octanol–water partition coefficient (Wildman–Crippen LogP) is -0.0946. The Hall–Kier alpha value is 0.0674. The largest absolute Gasteiger partial charge is 1.00 e. The summed E-state index contributed by atoms with van der Waals surface area (Å²) in [5.74, 6) is 0.115. The second kappa shape index (κ2) is 4.94. The van der Waals surface area contributed by atoms with E-state index in [1.54, 1.807) is 12.1 Å². The molecule has 5 heteroatoms. The average molecular weight is 285 g/mol. The third-order valence-electron chi connectivity index (χ3n) is 1.15.